The minimum Gasteiger partial charge on any atom is -0.508 e. The molecule has 33 heavy (non-hydrogen) atoms. The first-order valence-electron chi connectivity index (χ1n) is 9.58. The number of nitrogens with zero attached hydrogens (tertiary/aromatic N) is 2. The van der Waals surface area contributed by atoms with E-state index in [1.54, 1.807) is 36.4 Å². The van der Waals surface area contributed by atoms with Gasteiger partial charge in [0.05, 0.1) is 6.61 Å². The van der Waals surface area contributed by atoms with Gasteiger partial charge in [0.2, 0.25) is 0 Å². The van der Waals surface area contributed by atoms with Crippen molar-refractivity contribution in [2.24, 2.45) is 0 Å². The fourth-order valence-corrected chi connectivity index (χ4v) is 4.84. The fourth-order valence-electron chi connectivity index (χ4n) is 3.30. The summed E-state index contributed by atoms with van der Waals surface area (Å²) in [5.41, 5.74) is 0.751. The van der Waals surface area contributed by atoms with Gasteiger partial charge in [-0.1, -0.05) is 36.4 Å². The van der Waals surface area contributed by atoms with Crippen LogP contribution in [0.25, 0.3) is 0 Å². The molecule has 2 aromatic rings. The van der Waals surface area contributed by atoms with Crippen molar-refractivity contribution in [3.63, 3.8) is 0 Å². The summed E-state index contributed by atoms with van der Waals surface area (Å²) < 4.78 is 23.4. The van der Waals surface area contributed by atoms with E-state index in [0.29, 0.717) is 11.1 Å². The number of hydrogen-bond donors (Lipinski definition) is 7. The maximum Gasteiger partial charge on any atom is 3.00 e. The predicted molar refractivity (Wildman–Crippen MR) is 117 cm³/mol. The summed E-state index contributed by atoms with van der Waals surface area (Å²) in [6.07, 6.45) is -1.44. The minimum atomic E-state index is -4.58. The van der Waals surface area contributed by atoms with Gasteiger partial charge in [0.15, 0.2) is 0 Å². The van der Waals surface area contributed by atoms with Crippen LogP contribution in [0, 0.1) is 0 Å². The maximum absolute atomic E-state index is 11.7. The molecular weight excluding hydrogens is 518 g/mol. The molecule has 0 aliphatic rings. The van der Waals surface area contributed by atoms with Crippen LogP contribution in [0.1, 0.15) is 11.1 Å². The number of phenols is 2. The van der Waals surface area contributed by atoms with Crippen LogP contribution in [-0.4, -0.2) is 76.5 Å². The molecule has 0 spiro atoms. The Morgan fingerprint density at radius 2 is 1.21 bits per heavy atom. The molecule has 2 aromatic carbocycles. The van der Waals surface area contributed by atoms with Crippen LogP contribution >= 0.6 is 15.2 Å². The molecule has 183 valence electrons. The molecule has 0 heterocycles. The van der Waals surface area contributed by atoms with Crippen molar-refractivity contribution >= 4 is 15.2 Å². The zero-order valence-corrected chi connectivity index (χ0v) is 20.4. The van der Waals surface area contributed by atoms with Gasteiger partial charge in [0.25, 0.3) is 0 Å². The summed E-state index contributed by atoms with van der Waals surface area (Å²) in [5, 5.41) is 30.1. The van der Waals surface area contributed by atoms with E-state index >= 15 is 0 Å². The Morgan fingerprint density at radius 3 is 1.64 bits per heavy atom. The van der Waals surface area contributed by atoms with Gasteiger partial charge in [-0.2, -0.15) is 0 Å². The summed E-state index contributed by atoms with van der Waals surface area (Å²) in [6, 6.07) is 11.5. The topological polar surface area (TPSA) is 182 Å². The first kappa shape index (κ1) is 29.8. The van der Waals surface area contributed by atoms with Crippen molar-refractivity contribution in [3.05, 3.63) is 59.7 Å². The van der Waals surface area contributed by atoms with Gasteiger partial charge in [-0.05, 0) is 12.1 Å². The number of aliphatic hydroxyl groups excluding tert-OH is 1. The number of para-hydroxylation sites is 2. The molecule has 0 aromatic heterocycles. The quantitative estimate of drug-likeness (QED) is 0.149. The van der Waals surface area contributed by atoms with Gasteiger partial charge in [-0.3, -0.25) is 18.9 Å². The Balaban J connectivity index is 0.00000544. The second kappa shape index (κ2) is 13.0. The summed E-state index contributed by atoms with van der Waals surface area (Å²) in [7, 11) is -9.11. The van der Waals surface area contributed by atoms with Crippen LogP contribution in [0.5, 0.6) is 11.5 Å². The Hall–Kier alpha value is -1.26. The molecule has 0 saturated carbocycles. The predicted octanol–water partition coefficient (Wildman–Crippen LogP) is 1.03. The summed E-state index contributed by atoms with van der Waals surface area (Å²) in [4.78, 5) is 40.6. The van der Waals surface area contributed by atoms with E-state index in [1.807, 2.05) is 0 Å². The minimum absolute atomic E-state index is 0. The third-order valence-corrected chi connectivity index (χ3v) is 6.20. The number of hydrogen-bond acceptors (Lipinski definition) is 7. The monoisotopic (exact) mass is 546 g/mol. The molecule has 11 nitrogen and oxygen atoms in total. The first-order valence-corrected chi connectivity index (χ1v) is 13.2. The number of rotatable bonds is 12. The van der Waals surface area contributed by atoms with Crippen molar-refractivity contribution in [1.29, 1.82) is 0 Å². The smallest absolute Gasteiger partial charge is 0.508 e. The number of aromatic hydroxyl groups is 2. The largest absolute Gasteiger partial charge is 3.00 e. The maximum atomic E-state index is 11.7. The van der Waals surface area contributed by atoms with Gasteiger partial charge in [0, 0.05) is 36.8 Å². The van der Waals surface area contributed by atoms with E-state index in [2.05, 4.69) is 0 Å². The fraction of sp³-hybridized carbons (Fsp3) is 0.368. The summed E-state index contributed by atoms with van der Waals surface area (Å²) in [6.45, 7) is -0.951. The Kier molecular flexibility index (Phi) is 11.7. The second-order valence-electron chi connectivity index (χ2n) is 7.46. The normalized spacial score (nSPS) is 13.2. The molecule has 0 saturated heterocycles. The third-order valence-electron chi connectivity index (χ3n) is 4.70. The molecule has 0 aliphatic heterocycles. The van der Waals surface area contributed by atoms with Crippen LogP contribution in [0.15, 0.2) is 48.5 Å². The molecule has 0 bridgehead atoms. The van der Waals surface area contributed by atoms with Crippen LogP contribution in [0.2, 0.25) is 0 Å². The zero-order valence-electron chi connectivity index (χ0n) is 17.5. The van der Waals surface area contributed by atoms with Crippen LogP contribution in [0.3, 0.4) is 0 Å². The van der Waals surface area contributed by atoms with Crippen molar-refractivity contribution in [1.82, 2.24) is 9.80 Å². The zero-order chi connectivity index (χ0) is 23.9. The molecule has 0 amide bonds. The van der Waals surface area contributed by atoms with E-state index in [1.165, 1.54) is 21.9 Å². The van der Waals surface area contributed by atoms with Gasteiger partial charge in [-0.25, -0.2) is 0 Å². The molecule has 0 fully saturated rings. The van der Waals surface area contributed by atoms with E-state index in [4.69, 9.17) is 0 Å². The average Bonchev–Trinajstić information content (AvgIpc) is 2.66. The summed E-state index contributed by atoms with van der Waals surface area (Å²) >= 11 is 0. The molecule has 1 unspecified atom stereocenters. The molecular formula is C19H28FeN2O9P2+3. The molecule has 2 rings (SSSR count). The van der Waals surface area contributed by atoms with Gasteiger partial charge in [-0.15, -0.1) is 0 Å². The van der Waals surface area contributed by atoms with E-state index in [0.717, 1.165) is 0 Å². The van der Waals surface area contributed by atoms with Gasteiger partial charge >= 0.3 is 32.3 Å². The third kappa shape index (κ3) is 10.7. The Bertz CT molecular complexity index is 985. The van der Waals surface area contributed by atoms with Crippen molar-refractivity contribution in [2.75, 3.05) is 25.7 Å². The van der Waals surface area contributed by atoms with Crippen molar-refractivity contribution in [3.8, 4) is 11.5 Å². The van der Waals surface area contributed by atoms with E-state index in [9.17, 15) is 44.0 Å². The van der Waals surface area contributed by atoms with Crippen LogP contribution in [-0.2, 0) is 39.3 Å². The van der Waals surface area contributed by atoms with E-state index in [-0.39, 0.29) is 48.2 Å². The first-order chi connectivity index (χ1) is 14.9. The molecule has 0 aliphatic carbocycles. The Labute approximate surface area is 202 Å². The molecule has 1 atom stereocenters. The SMILES string of the molecule is O=P(O)(O)CN(Cc1ccccc1O)CC(CO)N(Cc1ccccc1O)CP(=O)(O)O.[Fe+3]. The number of benzene rings is 2. The average molecular weight is 546 g/mol. The van der Waals surface area contributed by atoms with Crippen LogP contribution < -0.4 is 0 Å². The van der Waals surface area contributed by atoms with Crippen molar-refractivity contribution in [2.45, 2.75) is 19.1 Å². The second-order valence-corrected chi connectivity index (χ2v) is 10.7. The molecule has 14 heteroatoms. The number of aliphatic hydroxyl groups is 1. The molecule has 1 radical (unpaired) electrons. The van der Waals surface area contributed by atoms with E-state index < -0.39 is 40.4 Å². The van der Waals surface area contributed by atoms with Crippen molar-refractivity contribution < 1.29 is 61.1 Å². The Morgan fingerprint density at radius 1 is 0.758 bits per heavy atom. The summed E-state index contributed by atoms with van der Waals surface area (Å²) in [5.74, 6) is -0.175. The number of phenolic OH excluding ortho intramolecular Hbond substituents is 2. The van der Waals surface area contributed by atoms with Crippen LogP contribution in [0.4, 0.5) is 0 Å². The van der Waals surface area contributed by atoms with Gasteiger partial charge < -0.3 is 34.9 Å². The van der Waals surface area contributed by atoms with Gasteiger partial charge in [0.1, 0.15) is 24.1 Å². The molecule has 7 N–H and O–H groups in total. The standard InChI is InChI=1S/C19H28N2O9P2.Fe/c22-12-17(21(14-32(28,29)30)10-16-6-2-4-8-19(16)24)11-20(13-31(25,26)27)9-15-5-1-3-7-18(15)23;/h1-8,17,22-24H,9-14H2,(H2,25,26,27)(H2,28,29,30);/q;+3.